The molecular formula is C25H37NO4S. The number of nitrogens with zero attached hydrogens (tertiary/aromatic N) is 1. The van der Waals surface area contributed by atoms with Gasteiger partial charge in [-0.15, -0.1) is 11.3 Å². The molecule has 0 saturated heterocycles. The van der Waals surface area contributed by atoms with Crippen molar-refractivity contribution in [3.8, 4) is 11.8 Å². The molecule has 2 saturated carbocycles. The largest absolute Gasteiger partial charge is 0.477 e. The first kappa shape index (κ1) is 24.1. The van der Waals surface area contributed by atoms with Gasteiger partial charge in [-0.3, -0.25) is 0 Å². The van der Waals surface area contributed by atoms with Crippen molar-refractivity contribution in [2.24, 2.45) is 17.3 Å². The second-order valence-corrected chi connectivity index (χ2v) is 11.5. The van der Waals surface area contributed by atoms with Gasteiger partial charge in [0.1, 0.15) is 11.1 Å². The predicted octanol–water partition coefficient (Wildman–Crippen LogP) is 5.10. The van der Waals surface area contributed by atoms with Crippen molar-refractivity contribution in [3.63, 3.8) is 0 Å². The summed E-state index contributed by atoms with van der Waals surface area (Å²) in [6.45, 7) is 8.34. The van der Waals surface area contributed by atoms with Gasteiger partial charge in [-0.05, 0) is 71.3 Å². The minimum absolute atomic E-state index is 0.0221. The Kier molecular flexibility index (Phi) is 7.72. The molecule has 0 radical (unpaired) electrons. The van der Waals surface area contributed by atoms with Gasteiger partial charge in [0.2, 0.25) is 0 Å². The van der Waals surface area contributed by atoms with Gasteiger partial charge in [0.25, 0.3) is 0 Å². The SMILES string of the molecule is CC1CCC(C(O)N(c2cc(C#CC(C)(C)C)sc2C(=O)O)C2CCC(O)CC2)CC1. The highest BCUT2D eigenvalue weighted by atomic mass is 32.1. The van der Waals surface area contributed by atoms with Gasteiger partial charge in [0.05, 0.1) is 16.7 Å². The van der Waals surface area contributed by atoms with E-state index in [1.807, 2.05) is 31.7 Å². The molecule has 2 fully saturated rings. The monoisotopic (exact) mass is 447 g/mol. The first-order valence-electron chi connectivity index (χ1n) is 11.6. The second-order valence-electron chi connectivity index (χ2n) is 10.4. The Labute approximate surface area is 190 Å². The molecular weight excluding hydrogens is 410 g/mol. The summed E-state index contributed by atoms with van der Waals surface area (Å²) in [4.78, 5) is 15.1. The third-order valence-corrected chi connectivity index (χ3v) is 7.60. The molecule has 1 aromatic heterocycles. The molecule has 6 heteroatoms. The predicted molar refractivity (Wildman–Crippen MR) is 125 cm³/mol. The van der Waals surface area contributed by atoms with Crippen LogP contribution in [0.5, 0.6) is 0 Å². The Balaban J connectivity index is 1.98. The molecule has 2 aliphatic carbocycles. The average Bonchev–Trinajstić information content (AvgIpc) is 3.12. The highest BCUT2D eigenvalue weighted by Crippen LogP contribution is 2.40. The molecule has 1 heterocycles. The van der Waals surface area contributed by atoms with E-state index in [-0.39, 0.29) is 28.4 Å². The van der Waals surface area contributed by atoms with Crippen LogP contribution in [-0.4, -0.2) is 39.7 Å². The fourth-order valence-corrected chi connectivity index (χ4v) is 5.59. The highest BCUT2D eigenvalue weighted by Gasteiger charge is 2.37. The van der Waals surface area contributed by atoms with Gasteiger partial charge in [0.15, 0.2) is 0 Å². The molecule has 0 aromatic carbocycles. The van der Waals surface area contributed by atoms with Crippen LogP contribution < -0.4 is 4.90 Å². The van der Waals surface area contributed by atoms with Crippen LogP contribution >= 0.6 is 11.3 Å². The second kappa shape index (κ2) is 9.94. The summed E-state index contributed by atoms with van der Waals surface area (Å²) in [5, 5.41) is 31.4. The molecule has 0 aliphatic heterocycles. The first-order chi connectivity index (χ1) is 14.5. The van der Waals surface area contributed by atoms with E-state index < -0.39 is 12.2 Å². The molecule has 2 aliphatic rings. The number of aromatic carboxylic acids is 1. The van der Waals surface area contributed by atoms with Crippen molar-refractivity contribution in [1.82, 2.24) is 0 Å². The zero-order valence-electron chi connectivity index (χ0n) is 19.2. The first-order valence-corrected chi connectivity index (χ1v) is 12.4. The van der Waals surface area contributed by atoms with E-state index in [0.29, 0.717) is 29.3 Å². The molecule has 0 spiro atoms. The molecule has 172 valence electrons. The number of hydrogen-bond acceptors (Lipinski definition) is 5. The normalized spacial score (nSPS) is 27.8. The van der Waals surface area contributed by atoms with E-state index in [1.54, 1.807) is 0 Å². The van der Waals surface area contributed by atoms with Gasteiger partial charge in [-0.2, -0.15) is 0 Å². The third kappa shape index (κ3) is 6.25. The Morgan fingerprint density at radius 2 is 1.74 bits per heavy atom. The maximum atomic E-state index is 12.1. The van der Waals surface area contributed by atoms with Crippen LogP contribution in [0.1, 0.15) is 93.6 Å². The van der Waals surface area contributed by atoms with Gasteiger partial charge in [0, 0.05) is 17.4 Å². The summed E-state index contributed by atoms with van der Waals surface area (Å²) < 4.78 is 0. The lowest BCUT2D eigenvalue weighted by molar-refractivity contribution is 0.0520. The van der Waals surface area contributed by atoms with Crippen LogP contribution in [0.3, 0.4) is 0 Å². The molecule has 0 bridgehead atoms. The molecule has 0 amide bonds. The lowest BCUT2D eigenvalue weighted by Gasteiger charge is -2.44. The van der Waals surface area contributed by atoms with Gasteiger partial charge < -0.3 is 20.2 Å². The number of aliphatic hydroxyl groups is 2. The van der Waals surface area contributed by atoms with E-state index in [0.717, 1.165) is 38.5 Å². The zero-order valence-corrected chi connectivity index (χ0v) is 20.0. The Bertz CT molecular complexity index is 815. The van der Waals surface area contributed by atoms with Crippen LogP contribution in [0.4, 0.5) is 5.69 Å². The molecule has 1 aromatic rings. The minimum atomic E-state index is -0.978. The maximum Gasteiger partial charge on any atom is 0.348 e. The smallest absolute Gasteiger partial charge is 0.348 e. The Morgan fingerprint density at radius 3 is 2.29 bits per heavy atom. The number of rotatable bonds is 5. The van der Waals surface area contributed by atoms with Crippen LogP contribution in [0.2, 0.25) is 0 Å². The fraction of sp³-hybridized carbons (Fsp3) is 0.720. The molecule has 1 unspecified atom stereocenters. The zero-order chi connectivity index (χ0) is 22.8. The lowest BCUT2D eigenvalue weighted by atomic mass is 9.81. The minimum Gasteiger partial charge on any atom is -0.477 e. The summed E-state index contributed by atoms with van der Waals surface area (Å²) in [6, 6.07) is 1.88. The van der Waals surface area contributed by atoms with Crippen molar-refractivity contribution < 1.29 is 20.1 Å². The molecule has 3 N–H and O–H groups in total. The summed E-state index contributed by atoms with van der Waals surface area (Å²) in [5.74, 6) is 6.17. The average molecular weight is 448 g/mol. The number of thiophene rings is 1. The fourth-order valence-electron chi connectivity index (χ4n) is 4.74. The number of anilines is 1. The molecule has 5 nitrogen and oxygen atoms in total. The number of aliphatic hydroxyl groups excluding tert-OH is 2. The van der Waals surface area contributed by atoms with Crippen molar-refractivity contribution in [2.45, 2.75) is 97.4 Å². The Hall–Kier alpha value is -1.55. The van der Waals surface area contributed by atoms with Crippen molar-refractivity contribution in [1.29, 1.82) is 0 Å². The number of carbonyl (C=O) groups is 1. The molecule has 1 atom stereocenters. The quantitative estimate of drug-likeness (QED) is 0.432. The summed E-state index contributed by atoms with van der Waals surface area (Å²) in [7, 11) is 0. The highest BCUT2D eigenvalue weighted by molar-refractivity contribution is 7.15. The van der Waals surface area contributed by atoms with E-state index in [2.05, 4.69) is 18.8 Å². The number of carboxylic acids is 1. The van der Waals surface area contributed by atoms with Crippen LogP contribution in [0, 0.1) is 29.1 Å². The summed E-state index contributed by atoms with van der Waals surface area (Å²) >= 11 is 1.19. The Morgan fingerprint density at radius 1 is 1.13 bits per heavy atom. The van der Waals surface area contributed by atoms with Crippen LogP contribution in [-0.2, 0) is 0 Å². The molecule has 31 heavy (non-hydrogen) atoms. The standard InChI is InChI=1S/C25H37NO4S/c1-16-5-7-17(8-6-16)23(28)26(18-9-11-19(27)12-10-18)21-15-20(13-14-25(2,3)4)31-22(21)24(29)30/h15-19,23,27-28H,5-12H2,1-4H3,(H,29,30). The molecule has 3 rings (SSSR count). The maximum absolute atomic E-state index is 12.1. The van der Waals surface area contributed by atoms with E-state index in [1.165, 1.54) is 11.3 Å². The van der Waals surface area contributed by atoms with Crippen molar-refractivity contribution >= 4 is 23.0 Å². The summed E-state index contributed by atoms with van der Waals surface area (Å²) in [6.07, 6.45) is 5.93. The van der Waals surface area contributed by atoms with Crippen molar-refractivity contribution in [2.75, 3.05) is 4.90 Å². The van der Waals surface area contributed by atoms with Crippen molar-refractivity contribution in [3.05, 3.63) is 15.8 Å². The van der Waals surface area contributed by atoms with Crippen LogP contribution in [0.25, 0.3) is 0 Å². The van der Waals surface area contributed by atoms with Gasteiger partial charge in [-0.1, -0.05) is 31.6 Å². The van der Waals surface area contributed by atoms with E-state index in [4.69, 9.17) is 0 Å². The van der Waals surface area contributed by atoms with E-state index >= 15 is 0 Å². The van der Waals surface area contributed by atoms with Gasteiger partial charge >= 0.3 is 5.97 Å². The van der Waals surface area contributed by atoms with Gasteiger partial charge in [-0.25, -0.2) is 4.79 Å². The van der Waals surface area contributed by atoms with E-state index in [9.17, 15) is 20.1 Å². The summed E-state index contributed by atoms with van der Waals surface area (Å²) in [5.41, 5.74) is 0.411. The van der Waals surface area contributed by atoms with Crippen LogP contribution in [0.15, 0.2) is 6.07 Å². The number of hydrogen-bond donors (Lipinski definition) is 3. The lowest BCUT2D eigenvalue weighted by Crippen LogP contribution is -2.50. The third-order valence-electron chi connectivity index (χ3n) is 6.57. The topological polar surface area (TPSA) is 81.0 Å². The number of carboxylic acid groups (broad SMARTS) is 1.